The van der Waals surface area contributed by atoms with E-state index in [2.05, 4.69) is 24.5 Å². The summed E-state index contributed by atoms with van der Waals surface area (Å²) in [5.74, 6) is -0.246. The highest BCUT2D eigenvalue weighted by Gasteiger charge is 2.06. The van der Waals surface area contributed by atoms with Crippen molar-refractivity contribution in [2.24, 2.45) is 0 Å². The van der Waals surface area contributed by atoms with Crippen molar-refractivity contribution in [3.05, 3.63) is 0 Å². The second-order valence-electron chi connectivity index (χ2n) is 4.94. The first-order chi connectivity index (χ1) is 10.0. The lowest BCUT2D eigenvalue weighted by atomic mass is 10.4. The molecule has 0 radical (unpaired) electrons. The molecule has 0 bridgehead atoms. The Labute approximate surface area is 126 Å². The summed E-state index contributed by atoms with van der Waals surface area (Å²) in [7, 11) is 0. The summed E-state index contributed by atoms with van der Waals surface area (Å²) >= 11 is 0. The van der Waals surface area contributed by atoms with Crippen LogP contribution in [0.15, 0.2) is 0 Å². The summed E-state index contributed by atoms with van der Waals surface area (Å²) in [4.78, 5) is 10.6. The molecule has 0 aromatic carbocycles. The fourth-order valence-electron chi connectivity index (χ4n) is 1.38. The van der Waals surface area contributed by atoms with Gasteiger partial charge in [-0.2, -0.15) is 0 Å². The first-order valence-electron chi connectivity index (χ1n) is 7.37. The third-order valence-corrected chi connectivity index (χ3v) is 2.41. The van der Waals surface area contributed by atoms with Gasteiger partial charge in [-0.25, -0.2) is 4.39 Å². The number of rotatable bonds is 14. The number of alkyl halides is 1. The molecule has 21 heavy (non-hydrogen) atoms. The highest BCUT2D eigenvalue weighted by molar-refractivity contribution is 5.72. The largest absolute Gasteiger partial charge is 0.378 e. The van der Waals surface area contributed by atoms with Crippen LogP contribution in [0.4, 0.5) is 4.39 Å². The van der Waals surface area contributed by atoms with Crippen LogP contribution in [-0.2, 0) is 19.0 Å². The average molecular weight is 308 g/mol. The molecule has 1 unspecified atom stereocenters. The van der Waals surface area contributed by atoms with Crippen molar-refractivity contribution in [1.82, 2.24) is 10.6 Å². The van der Waals surface area contributed by atoms with Crippen molar-refractivity contribution in [2.75, 3.05) is 52.7 Å². The van der Waals surface area contributed by atoms with Crippen molar-refractivity contribution < 1.29 is 23.4 Å². The molecule has 1 amide bonds. The van der Waals surface area contributed by atoms with Gasteiger partial charge in [0.05, 0.1) is 46.2 Å². The highest BCUT2D eigenvalue weighted by atomic mass is 19.1. The Bertz CT molecular complexity index is 255. The lowest BCUT2D eigenvalue weighted by Gasteiger charge is -2.10. The van der Waals surface area contributed by atoms with E-state index in [0.29, 0.717) is 39.1 Å². The number of hydrogen-bond acceptors (Lipinski definition) is 5. The molecule has 7 heteroatoms. The lowest BCUT2D eigenvalue weighted by Crippen LogP contribution is -2.30. The minimum atomic E-state index is -1.19. The quantitative estimate of drug-likeness (QED) is 0.458. The summed E-state index contributed by atoms with van der Waals surface area (Å²) in [5.41, 5.74) is 0. The fourth-order valence-corrected chi connectivity index (χ4v) is 1.38. The Kier molecular flexibility index (Phi) is 13.7. The highest BCUT2D eigenvalue weighted by Crippen LogP contribution is 1.91. The van der Waals surface area contributed by atoms with E-state index in [1.807, 2.05) is 0 Å². The molecule has 6 nitrogen and oxygen atoms in total. The van der Waals surface area contributed by atoms with Gasteiger partial charge in [0.1, 0.15) is 6.17 Å². The standard InChI is InChI=1S/C14H29FN2O4/c1-12(2)16-4-5-19-6-7-20-8-9-21-11-14(15)10-17-13(3)18/h12,14,16H,4-11H2,1-3H3,(H,17,18). The smallest absolute Gasteiger partial charge is 0.216 e. The molecule has 2 N–H and O–H groups in total. The topological polar surface area (TPSA) is 68.8 Å². The normalized spacial score (nSPS) is 12.6. The molecule has 126 valence electrons. The molecular weight excluding hydrogens is 279 g/mol. The summed E-state index contributed by atoms with van der Waals surface area (Å²) in [5, 5.41) is 5.64. The number of carbonyl (C=O) groups excluding carboxylic acids is 1. The molecule has 0 aliphatic heterocycles. The van der Waals surface area contributed by atoms with Crippen LogP contribution in [0.5, 0.6) is 0 Å². The van der Waals surface area contributed by atoms with Crippen LogP contribution in [0, 0.1) is 0 Å². The molecule has 0 aromatic rings. The first-order valence-corrected chi connectivity index (χ1v) is 7.37. The average Bonchev–Trinajstić information content (AvgIpc) is 2.42. The summed E-state index contributed by atoms with van der Waals surface area (Å²) in [6.45, 7) is 8.71. The molecule has 0 aromatic heterocycles. The van der Waals surface area contributed by atoms with Gasteiger partial charge in [-0.3, -0.25) is 4.79 Å². The maximum Gasteiger partial charge on any atom is 0.216 e. The van der Waals surface area contributed by atoms with Gasteiger partial charge in [0.25, 0.3) is 0 Å². The van der Waals surface area contributed by atoms with Crippen LogP contribution in [0.2, 0.25) is 0 Å². The zero-order valence-corrected chi connectivity index (χ0v) is 13.3. The third-order valence-electron chi connectivity index (χ3n) is 2.41. The van der Waals surface area contributed by atoms with Gasteiger partial charge in [-0.15, -0.1) is 0 Å². The Morgan fingerprint density at radius 1 is 1.05 bits per heavy atom. The maximum atomic E-state index is 13.2. The monoisotopic (exact) mass is 308 g/mol. The van der Waals surface area contributed by atoms with E-state index in [0.717, 1.165) is 6.54 Å². The molecule has 0 spiro atoms. The second-order valence-corrected chi connectivity index (χ2v) is 4.94. The second kappa shape index (κ2) is 14.2. The fraction of sp³-hybridized carbons (Fsp3) is 0.929. The van der Waals surface area contributed by atoms with E-state index in [1.54, 1.807) is 0 Å². The first kappa shape index (κ1) is 20.2. The van der Waals surface area contributed by atoms with Gasteiger partial charge < -0.3 is 24.8 Å². The molecule has 0 aliphatic rings. The van der Waals surface area contributed by atoms with Crippen molar-refractivity contribution >= 4 is 5.91 Å². The maximum absolute atomic E-state index is 13.2. The zero-order valence-electron chi connectivity index (χ0n) is 13.3. The molecule has 0 rings (SSSR count). The number of ether oxygens (including phenoxy) is 3. The van der Waals surface area contributed by atoms with Crippen LogP contribution >= 0.6 is 0 Å². The summed E-state index contributed by atoms with van der Waals surface area (Å²) in [6.07, 6.45) is -1.19. The summed E-state index contributed by atoms with van der Waals surface area (Å²) in [6, 6.07) is 0.465. The predicted octanol–water partition coefficient (Wildman–Crippen LogP) is 0.508. The number of amides is 1. The predicted molar refractivity (Wildman–Crippen MR) is 79.2 cm³/mol. The van der Waals surface area contributed by atoms with Crippen molar-refractivity contribution in [3.63, 3.8) is 0 Å². The third kappa shape index (κ3) is 17.2. The molecule has 0 heterocycles. The Morgan fingerprint density at radius 3 is 2.19 bits per heavy atom. The Morgan fingerprint density at radius 2 is 1.62 bits per heavy atom. The van der Waals surface area contributed by atoms with E-state index in [9.17, 15) is 9.18 Å². The van der Waals surface area contributed by atoms with Gasteiger partial charge in [0, 0.05) is 19.5 Å². The molecule has 0 saturated heterocycles. The molecule has 0 aliphatic carbocycles. The van der Waals surface area contributed by atoms with E-state index >= 15 is 0 Å². The van der Waals surface area contributed by atoms with Crippen molar-refractivity contribution in [1.29, 1.82) is 0 Å². The van der Waals surface area contributed by atoms with Crippen molar-refractivity contribution in [2.45, 2.75) is 33.0 Å². The number of hydrogen-bond donors (Lipinski definition) is 2. The molecular formula is C14H29FN2O4. The van der Waals surface area contributed by atoms with Crippen LogP contribution in [-0.4, -0.2) is 70.9 Å². The molecule has 0 saturated carbocycles. The van der Waals surface area contributed by atoms with Crippen LogP contribution < -0.4 is 10.6 Å². The van der Waals surface area contributed by atoms with E-state index in [-0.39, 0.29) is 19.1 Å². The Hall–Kier alpha value is -0.760. The molecule has 0 fully saturated rings. The van der Waals surface area contributed by atoms with E-state index in [4.69, 9.17) is 14.2 Å². The lowest BCUT2D eigenvalue weighted by molar-refractivity contribution is -0.119. The number of carbonyl (C=O) groups is 1. The van der Waals surface area contributed by atoms with Gasteiger partial charge >= 0.3 is 0 Å². The molecule has 1 atom stereocenters. The minimum absolute atomic E-state index is 0.0194. The van der Waals surface area contributed by atoms with Gasteiger partial charge in [0.15, 0.2) is 0 Å². The summed E-state index contributed by atoms with van der Waals surface area (Å²) < 4.78 is 28.9. The van der Waals surface area contributed by atoms with Gasteiger partial charge in [-0.1, -0.05) is 13.8 Å². The van der Waals surface area contributed by atoms with Crippen LogP contribution in [0.25, 0.3) is 0 Å². The van der Waals surface area contributed by atoms with Crippen LogP contribution in [0.3, 0.4) is 0 Å². The minimum Gasteiger partial charge on any atom is -0.378 e. The number of halogens is 1. The SMILES string of the molecule is CC(=O)NCC(F)COCCOCCOCCNC(C)C. The van der Waals surface area contributed by atoms with Gasteiger partial charge in [0.2, 0.25) is 5.91 Å². The van der Waals surface area contributed by atoms with Gasteiger partial charge in [-0.05, 0) is 0 Å². The van der Waals surface area contributed by atoms with E-state index < -0.39 is 6.17 Å². The van der Waals surface area contributed by atoms with E-state index in [1.165, 1.54) is 6.92 Å². The number of nitrogens with one attached hydrogen (secondary N) is 2. The van der Waals surface area contributed by atoms with Crippen molar-refractivity contribution in [3.8, 4) is 0 Å². The zero-order chi connectivity index (χ0) is 15.9. The Balaban J connectivity index is 3.13. The van der Waals surface area contributed by atoms with Crippen LogP contribution in [0.1, 0.15) is 20.8 Å².